The van der Waals surface area contributed by atoms with Gasteiger partial charge < -0.3 is 31.8 Å². The first-order chi connectivity index (χ1) is 16.5. The lowest BCUT2D eigenvalue weighted by molar-refractivity contribution is -0.142. The molecule has 10 nitrogen and oxygen atoms in total. The molecule has 2 aromatic rings. The van der Waals surface area contributed by atoms with E-state index in [1.54, 1.807) is 20.0 Å². The maximum Gasteiger partial charge on any atom is 0.326 e. The fraction of sp³-hybridized carbons (Fsp3) is 0.500. The maximum absolute atomic E-state index is 13.1. The summed E-state index contributed by atoms with van der Waals surface area (Å²) in [5, 5.41) is 18.2. The molecule has 35 heavy (non-hydrogen) atoms. The van der Waals surface area contributed by atoms with Gasteiger partial charge in [0.1, 0.15) is 18.1 Å². The molecule has 1 heterocycles. The van der Waals surface area contributed by atoms with Crippen LogP contribution in [0.5, 0.6) is 0 Å². The summed E-state index contributed by atoms with van der Waals surface area (Å²) in [6.45, 7) is 5.10. The summed E-state index contributed by atoms with van der Waals surface area (Å²) in [6, 6.07) is 3.67. The normalized spacial score (nSPS) is 14.7. The quantitative estimate of drug-likeness (QED) is 0.236. The number of rotatable bonds is 13. The highest BCUT2D eigenvalue weighted by atomic mass is 32.2. The molecule has 0 saturated carbocycles. The van der Waals surface area contributed by atoms with Crippen molar-refractivity contribution in [2.24, 2.45) is 11.7 Å². The van der Waals surface area contributed by atoms with Crippen molar-refractivity contribution in [2.45, 2.75) is 57.8 Å². The van der Waals surface area contributed by atoms with E-state index in [-0.39, 0.29) is 18.8 Å². The van der Waals surface area contributed by atoms with Crippen molar-refractivity contribution in [2.75, 3.05) is 12.0 Å². The summed E-state index contributed by atoms with van der Waals surface area (Å²) in [7, 11) is 0. The van der Waals surface area contributed by atoms with Crippen LogP contribution in [-0.2, 0) is 25.6 Å². The Morgan fingerprint density at radius 2 is 1.66 bits per heavy atom. The van der Waals surface area contributed by atoms with E-state index in [1.165, 1.54) is 18.7 Å². The number of H-pyrrole nitrogens is 1. The van der Waals surface area contributed by atoms with Crippen LogP contribution in [-0.4, -0.2) is 70.0 Å². The minimum absolute atomic E-state index is 0.111. The molecular weight excluding hydrogens is 470 g/mol. The van der Waals surface area contributed by atoms with Gasteiger partial charge in [-0.1, -0.05) is 32.0 Å². The Morgan fingerprint density at radius 3 is 2.29 bits per heavy atom. The number of benzene rings is 1. The molecule has 192 valence electrons. The first kappa shape index (κ1) is 28.2. The van der Waals surface area contributed by atoms with E-state index in [2.05, 4.69) is 20.9 Å². The number of aliphatic carboxylic acids is 1. The molecular formula is C24H35N5O5S. The number of fused-ring (bicyclic) bond motifs is 1. The van der Waals surface area contributed by atoms with Gasteiger partial charge in [0.05, 0.1) is 6.04 Å². The zero-order valence-corrected chi connectivity index (χ0v) is 21.3. The van der Waals surface area contributed by atoms with Crippen molar-refractivity contribution >= 4 is 46.4 Å². The van der Waals surface area contributed by atoms with Crippen LogP contribution in [0.3, 0.4) is 0 Å². The predicted octanol–water partition coefficient (Wildman–Crippen LogP) is 1.01. The van der Waals surface area contributed by atoms with E-state index in [0.717, 1.165) is 16.5 Å². The van der Waals surface area contributed by atoms with Crippen molar-refractivity contribution in [1.29, 1.82) is 0 Å². The van der Waals surface area contributed by atoms with Crippen molar-refractivity contribution in [3.63, 3.8) is 0 Å². The number of hydrogen-bond acceptors (Lipinski definition) is 6. The molecule has 0 bridgehead atoms. The molecule has 1 aromatic heterocycles. The lowest BCUT2D eigenvalue weighted by Gasteiger charge is -2.24. The number of carboxylic acid groups (broad SMARTS) is 1. The molecule has 3 amide bonds. The number of aromatic nitrogens is 1. The van der Waals surface area contributed by atoms with Gasteiger partial charge in [0.15, 0.2) is 0 Å². The van der Waals surface area contributed by atoms with Gasteiger partial charge >= 0.3 is 5.97 Å². The minimum atomic E-state index is -1.15. The molecule has 4 unspecified atom stereocenters. The second-order valence-corrected chi connectivity index (χ2v) is 9.79. The van der Waals surface area contributed by atoms with Gasteiger partial charge in [-0.05, 0) is 42.9 Å². The molecule has 0 saturated heterocycles. The number of carbonyl (C=O) groups excluding carboxylic acids is 3. The molecule has 0 aliphatic heterocycles. The van der Waals surface area contributed by atoms with Gasteiger partial charge in [-0.25, -0.2) is 4.79 Å². The predicted molar refractivity (Wildman–Crippen MR) is 137 cm³/mol. The van der Waals surface area contributed by atoms with Crippen molar-refractivity contribution in [1.82, 2.24) is 20.9 Å². The monoisotopic (exact) mass is 505 g/mol. The molecule has 7 N–H and O–H groups in total. The van der Waals surface area contributed by atoms with Gasteiger partial charge in [0, 0.05) is 23.5 Å². The third-order valence-corrected chi connectivity index (χ3v) is 6.37. The summed E-state index contributed by atoms with van der Waals surface area (Å²) in [5.41, 5.74) is 7.52. The standard InChI is InChI=1S/C24H35N5O5S/c1-13(2)20(25)23(32)27-14(3)21(30)29-19(22(31)28-18(24(33)34)9-10-35-4)11-15-12-26-17-8-6-5-7-16(15)17/h5-8,12-14,18-20,26H,9-11,25H2,1-4H3,(H,27,32)(H,28,31)(H,29,30)(H,33,34). The van der Waals surface area contributed by atoms with Crippen LogP contribution < -0.4 is 21.7 Å². The maximum atomic E-state index is 13.1. The first-order valence-electron chi connectivity index (χ1n) is 11.5. The molecule has 0 aliphatic rings. The second-order valence-electron chi connectivity index (χ2n) is 8.81. The molecule has 2 rings (SSSR count). The largest absolute Gasteiger partial charge is 0.480 e. The Morgan fingerprint density at radius 1 is 1.00 bits per heavy atom. The Labute approximate surface area is 209 Å². The van der Waals surface area contributed by atoms with Crippen molar-refractivity contribution < 1.29 is 24.3 Å². The van der Waals surface area contributed by atoms with Crippen LogP contribution in [0.1, 0.15) is 32.8 Å². The highest BCUT2D eigenvalue weighted by molar-refractivity contribution is 7.98. The van der Waals surface area contributed by atoms with Crippen LogP contribution in [0.15, 0.2) is 30.5 Å². The van der Waals surface area contributed by atoms with E-state index >= 15 is 0 Å². The smallest absolute Gasteiger partial charge is 0.326 e. The highest BCUT2D eigenvalue weighted by Crippen LogP contribution is 2.19. The minimum Gasteiger partial charge on any atom is -0.480 e. The Kier molecular flexibility index (Phi) is 10.6. The molecule has 11 heteroatoms. The second kappa shape index (κ2) is 13.1. The van der Waals surface area contributed by atoms with E-state index in [4.69, 9.17) is 5.73 Å². The van der Waals surface area contributed by atoms with Crippen LogP contribution in [0.4, 0.5) is 0 Å². The van der Waals surface area contributed by atoms with Crippen LogP contribution in [0.25, 0.3) is 10.9 Å². The summed E-state index contributed by atoms with van der Waals surface area (Å²) < 4.78 is 0. The third-order valence-electron chi connectivity index (χ3n) is 5.73. The average Bonchev–Trinajstić information content (AvgIpc) is 3.22. The molecule has 1 aromatic carbocycles. The first-order valence-corrected chi connectivity index (χ1v) is 12.9. The number of para-hydroxylation sites is 1. The summed E-state index contributed by atoms with van der Waals surface area (Å²) >= 11 is 1.47. The van der Waals surface area contributed by atoms with Crippen LogP contribution in [0, 0.1) is 5.92 Å². The van der Waals surface area contributed by atoms with E-state index in [1.807, 2.05) is 30.5 Å². The molecule has 4 atom stereocenters. The zero-order valence-electron chi connectivity index (χ0n) is 20.5. The summed E-state index contributed by atoms with van der Waals surface area (Å²) in [5.74, 6) is -2.37. The highest BCUT2D eigenvalue weighted by Gasteiger charge is 2.29. The van der Waals surface area contributed by atoms with Gasteiger partial charge in [-0.3, -0.25) is 14.4 Å². The van der Waals surface area contributed by atoms with E-state index < -0.39 is 47.9 Å². The molecule has 0 aliphatic carbocycles. The van der Waals surface area contributed by atoms with Crippen molar-refractivity contribution in [3.05, 3.63) is 36.0 Å². The average molecular weight is 506 g/mol. The summed E-state index contributed by atoms with van der Waals surface area (Å²) in [4.78, 5) is 53.1. The van der Waals surface area contributed by atoms with Crippen LogP contribution >= 0.6 is 11.8 Å². The number of nitrogens with two attached hydrogens (primary N) is 1. The SMILES string of the molecule is CSCCC(NC(=O)C(Cc1c[nH]c2ccccc12)NC(=O)C(C)NC(=O)C(N)C(C)C)C(=O)O. The lowest BCUT2D eigenvalue weighted by atomic mass is 10.0. The number of carboxylic acids is 1. The summed E-state index contributed by atoms with van der Waals surface area (Å²) in [6.07, 6.45) is 3.98. The number of aromatic amines is 1. The Hall–Kier alpha value is -3.05. The fourth-order valence-electron chi connectivity index (χ4n) is 3.47. The number of amides is 3. The fourth-order valence-corrected chi connectivity index (χ4v) is 3.94. The van der Waals surface area contributed by atoms with Gasteiger partial charge in [0.25, 0.3) is 0 Å². The van der Waals surface area contributed by atoms with Gasteiger partial charge in [-0.2, -0.15) is 11.8 Å². The zero-order chi connectivity index (χ0) is 26.1. The number of carbonyl (C=O) groups is 4. The molecule has 0 spiro atoms. The van der Waals surface area contributed by atoms with E-state index in [0.29, 0.717) is 5.75 Å². The van der Waals surface area contributed by atoms with E-state index in [9.17, 15) is 24.3 Å². The van der Waals surface area contributed by atoms with Crippen molar-refractivity contribution in [3.8, 4) is 0 Å². The molecule has 0 fully saturated rings. The topological polar surface area (TPSA) is 166 Å². The number of thioether (sulfide) groups is 1. The lowest BCUT2D eigenvalue weighted by Crippen LogP contribution is -2.57. The van der Waals surface area contributed by atoms with Crippen LogP contribution in [0.2, 0.25) is 0 Å². The van der Waals surface area contributed by atoms with Gasteiger partial charge in [0.2, 0.25) is 17.7 Å². The molecule has 0 radical (unpaired) electrons. The Bertz CT molecular complexity index is 1040. The number of nitrogens with one attached hydrogen (secondary N) is 4. The number of hydrogen-bond donors (Lipinski definition) is 6. The Balaban J connectivity index is 2.22. The van der Waals surface area contributed by atoms with Gasteiger partial charge in [-0.15, -0.1) is 0 Å². The third kappa shape index (κ3) is 8.00.